The van der Waals surface area contributed by atoms with Crippen LogP contribution in [0.15, 0.2) is 15.1 Å². The SMILES string of the molecule is Cc1ncsc1-c1nc(C2CCOCC2)c(C#N)c(=O)[nH]1.Cc1nnsc1-c1nc(C2CCOCC2)c(I)c(=O)[nH]1. The Morgan fingerprint density at radius 3 is 2.05 bits per heavy atom. The van der Waals surface area contributed by atoms with Crippen molar-refractivity contribution in [3.63, 3.8) is 0 Å². The van der Waals surface area contributed by atoms with Crippen LogP contribution in [0.4, 0.5) is 0 Å². The fourth-order valence-electron chi connectivity index (χ4n) is 4.78. The Hall–Kier alpha value is -2.91. The standard InChI is InChI=1S/C14H14N4O2S.C12H13IN4O2S/c1-8-12(21-7-16-8)13-17-11(9-2-4-20-5-3-9)10(6-15)14(19)18-13;1-6-10(20-17-16-6)11-14-9(8(13)12(18)15-11)7-2-4-19-5-3-7/h7,9H,2-5H2,1H3,(H,17,18,19);7H,2-5H2,1H3,(H,14,15,18). The van der Waals surface area contributed by atoms with Gasteiger partial charge in [0.25, 0.3) is 11.1 Å². The van der Waals surface area contributed by atoms with Gasteiger partial charge in [0.05, 0.1) is 33.2 Å². The number of hydrogen-bond acceptors (Lipinski definition) is 12. The van der Waals surface area contributed by atoms with Crippen LogP contribution in [0, 0.1) is 28.7 Å². The number of aromatic nitrogens is 7. The van der Waals surface area contributed by atoms with Crippen molar-refractivity contribution in [1.29, 1.82) is 5.26 Å². The number of thiazole rings is 1. The fraction of sp³-hybridized carbons (Fsp3) is 0.462. The van der Waals surface area contributed by atoms with Gasteiger partial charge in [-0.15, -0.1) is 16.4 Å². The molecule has 2 fully saturated rings. The predicted octanol–water partition coefficient (Wildman–Crippen LogP) is 4.06. The summed E-state index contributed by atoms with van der Waals surface area (Å²) in [4.78, 5) is 44.9. The summed E-state index contributed by atoms with van der Waals surface area (Å²) in [6.07, 6.45) is 3.39. The Balaban J connectivity index is 0.000000165. The van der Waals surface area contributed by atoms with Gasteiger partial charge in [-0.05, 0) is 73.7 Å². The molecule has 0 aromatic carbocycles. The maximum atomic E-state index is 12.2. The lowest BCUT2D eigenvalue weighted by atomic mass is 9.93. The smallest absolute Gasteiger partial charge is 0.269 e. The van der Waals surface area contributed by atoms with E-state index in [9.17, 15) is 14.9 Å². The van der Waals surface area contributed by atoms with Gasteiger partial charge in [0.15, 0.2) is 11.6 Å². The molecule has 0 amide bonds. The lowest BCUT2D eigenvalue weighted by Gasteiger charge is -2.22. The molecule has 0 radical (unpaired) electrons. The predicted molar refractivity (Wildman–Crippen MR) is 162 cm³/mol. The number of ether oxygens (including phenoxy) is 2. The summed E-state index contributed by atoms with van der Waals surface area (Å²) in [7, 11) is 0. The summed E-state index contributed by atoms with van der Waals surface area (Å²) in [6, 6.07) is 1.99. The molecule has 0 spiro atoms. The second kappa shape index (κ2) is 13.4. The number of nitriles is 1. The average molecular weight is 707 g/mol. The molecule has 41 heavy (non-hydrogen) atoms. The van der Waals surface area contributed by atoms with Gasteiger partial charge in [0.1, 0.15) is 20.1 Å². The summed E-state index contributed by atoms with van der Waals surface area (Å²) in [6.45, 7) is 6.47. The highest BCUT2D eigenvalue weighted by Crippen LogP contribution is 2.31. The number of aryl methyl sites for hydroxylation is 2. The van der Waals surface area contributed by atoms with Gasteiger partial charge < -0.3 is 19.4 Å². The van der Waals surface area contributed by atoms with Crippen LogP contribution in [0.3, 0.4) is 0 Å². The molecule has 6 rings (SSSR count). The van der Waals surface area contributed by atoms with Crippen LogP contribution in [-0.4, -0.2) is 60.9 Å². The number of hydrogen-bond donors (Lipinski definition) is 2. The van der Waals surface area contributed by atoms with Crippen LogP contribution in [0.5, 0.6) is 0 Å². The van der Waals surface area contributed by atoms with Crippen molar-refractivity contribution in [3.8, 4) is 27.5 Å². The van der Waals surface area contributed by atoms with Gasteiger partial charge >= 0.3 is 0 Å². The first-order valence-electron chi connectivity index (χ1n) is 13.1. The van der Waals surface area contributed by atoms with Gasteiger partial charge in [-0.25, -0.2) is 15.0 Å². The molecule has 214 valence electrons. The van der Waals surface area contributed by atoms with E-state index in [-0.39, 0.29) is 28.5 Å². The van der Waals surface area contributed by atoms with E-state index in [1.54, 1.807) is 5.51 Å². The molecule has 0 unspecified atom stereocenters. The van der Waals surface area contributed by atoms with E-state index in [2.05, 4.69) is 57.1 Å². The third-order valence-electron chi connectivity index (χ3n) is 6.99. The molecular formula is C26H27IN8O4S2. The van der Waals surface area contributed by atoms with E-state index in [0.29, 0.717) is 34.1 Å². The Morgan fingerprint density at radius 2 is 1.49 bits per heavy atom. The minimum absolute atomic E-state index is 0.0927. The van der Waals surface area contributed by atoms with Crippen LogP contribution in [-0.2, 0) is 9.47 Å². The van der Waals surface area contributed by atoms with Crippen LogP contribution in [0.2, 0.25) is 0 Å². The summed E-state index contributed by atoms with van der Waals surface area (Å²) >= 11 is 4.76. The second-order valence-corrected chi connectivity index (χ2v) is 12.3. The van der Waals surface area contributed by atoms with Gasteiger partial charge in [0, 0.05) is 38.3 Å². The first-order valence-corrected chi connectivity index (χ1v) is 15.8. The Morgan fingerprint density at radius 1 is 0.902 bits per heavy atom. The molecular weight excluding hydrogens is 679 g/mol. The zero-order chi connectivity index (χ0) is 28.9. The Bertz CT molecular complexity index is 1680. The van der Waals surface area contributed by atoms with Gasteiger partial charge in [0.2, 0.25) is 0 Å². The third-order valence-corrected chi connectivity index (χ3v) is 9.80. The number of H-pyrrole nitrogens is 2. The molecule has 4 aromatic heterocycles. The van der Waals surface area contributed by atoms with Crippen LogP contribution < -0.4 is 11.1 Å². The Labute approximate surface area is 256 Å². The van der Waals surface area contributed by atoms with E-state index in [1.807, 2.05) is 19.9 Å². The normalized spacial score (nSPS) is 16.1. The van der Waals surface area contributed by atoms with Crippen molar-refractivity contribution >= 4 is 45.5 Å². The molecule has 0 saturated carbocycles. The van der Waals surface area contributed by atoms with Crippen molar-refractivity contribution in [3.05, 3.63) is 58.1 Å². The zero-order valence-electron chi connectivity index (χ0n) is 22.4. The molecule has 2 N–H and O–H groups in total. The molecule has 0 atom stereocenters. The highest BCUT2D eigenvalue weighted by Gasteiger charge is 2.25. The van der Waals surface area contributed by atoms with Crippen molar-refractivity contribution in [2.45, 2.75) is 51.4 Å². The van der Waals surface area contributed by atoms with E-state index >= 15 is 0 Å². The van der Waals surface area contributed by atoms with Crippen LogP contribution >= 0.6 is 45.5 Å². The first kappa shape index (κ1) is 29.6. The molecule has 2 saturated heterocycles. The number of rotatable bonds is 4. The van der Waals surface area contributed by atoms with Crippen molar-refractivity contribution < 1.29 is 9.47 Å². The monoisotopic (exact) mass is 706 g/mol. The highest BCUT2D eigenvalue weighted by atomic mass is 127. The third kappa shape index (κ3) is 6.61. The summed E-state index contributed by atoms with van der Waals surface area (Å²) < 4.78 is 15.3. The van der Waals surface area contributed by atoms with E-state index in [4.69, 9.17) is 9.47 Å². The van der Waals surface area contributed by atoms with Gasteiger partial charge in [-0.2, -0.15) is 5.26 Å². The van der Waals surface area contributed by atoms with E-state index < -0.39 is 0 Å². The van der Waals surface area contributed by atoms with Crippen LogP contribution in [0.1, 0.15) is 65.9 Å². The lowest BCUT2D eigenvalue weighted by Crippen LogP contribution is -2.22. The molecule has 2 aliphatic rings. The molecule has 12 nitrogen and oxygen atoms in total. The topological polar surface area (TPSA) is 172 Å². The van der Waals surface area contributed by atoms with Crippen molar-refractivity contribution in [1.82, 2.24) is 34.5 Å². The molecule has 2 aliphatic heterocycles. The molecule has 0 aliphatic carbocycles. The molecule has 15 heteroatoms. The summed E-state index contributed by atoms with van der Waals surface area (Å²) in [5.41, 5.74) is 4.45. The summed E-state index contributed by atoms with van der Waals surface area (Å²) in [5, 5.41) is 13.2. The molecule has 6 heterocycles. The molecule has 4 aromatic rings. The second-order valence-electron chi connectivity index (χ2n) is 9.63. The average Bonchev–Trinajstić information content (AvgIpc) is 3.63. The lowest BCUT2D eigenvalue weighted by molar-refractivity contribution is 0.0842. The molecule has 0 bridgehead atoms. The van der Waals surface area contributed by atoms with Crippen molar-refractivity contribution in [2.75, 3.05) is 26.4 Å². The quantitative estimate of drug-likeness (QED) is 0.295. The van der Waals surface area contributed by atoms with Gasteiger partial charge in [-0.3, -0.25) is 9.59 Å². The number of halogens is 1. The minimum Gasteiger partial charge on any atom is -0.381 e. The van der Waals surface area contributed by atoms with E-state index in [1.165, 1.54) is 22.9 Å². The first-order chi connectivity index (χ1) is 19.9. The minimum atomic E-state index is -0.378. The maximum Gasteiger partial charge on any atom is 0.269 e. The zero-order valence-corrected chi connectivity index (χ0v) is 26.2. The Kier molecular flexibility index (Phi) is 9.65. The number of aromatic amines is 2. The van der Waals surface area contributed by atoms with E-state index in [0.717, 1.165) is 65.7 Å². The van der Waals surface area contributed by atoms with Crippen molar-refractivity contribution in [2.24, 2.45) is 0 Å². The number of nitrogens with one attached hydrogen (secondary N) is 2. The van der Waals surface area contributed by atoms with Crippen LogP contribution in [0.25, 0.3) is 21.4 Å². The fourth-order valence-corrected chi connectivity index (χ4v) is 6.82. The largest absolute Gasteiger partial charge is 0.381 e. The highest BCUT2D eigenvalue weighted by molar-refractivity contribution is 14.1. The maximum absolute atomic E-state index is 12.2. The van der Waals surface area contributed by atoms with Gasteiger partial charge in [-0.1, -0.05) is 4.49 Å². The number of nitrogens with zero attached hydrogens (tertiary/aromatic N) is 6. The summed E-state index contributed by atoms with van der Waals surface area (Å²) in [5.74, 6) is 1.46.